The summed E-state index contributed by atoms with van der Waals surface area (Å²) >= 11 is 1.19. The first-order chi connectivity index (χ1) is 13.4. The summed E-state index contributed by atoms with van der Waals surface area (Å²) in [6, 6.07) is 6.14. The minimum absolute atomic E-state index is 0.0444. The maximum absolute atomic E-state index is 12.5. The van der Waals surface area contributed by atoms with E-state index in [0.717, 1.165) is 19.3 Å². The maximum Gasteiger partial charge on any atom is 0.387 e. The van der Waals surface area contributed by atoms with Crippen LogP contribution in [0, 0.1) is 5.92 Å². The highest BCUT2D eigenvalue weighted by molar-refractivity contribution is 8.00. The predicted octanol–water partition coefficient (Wildman–Crippen LogP) is 4.51. The fourth-order valence-corrected chi connectivity index (χ4v) is 3.88. The number of thioether (sulfide) groups is 1. The lowest BCUT2D eigenvalue weighted by Gasteiger charge is -2.30. The second-order valence-electron chi connectivity index (χ2n) is 6.91. The van der Waals surface area contributed by atoms with Gasteiger partial charge in [0.15, 0.2) is 0 Å². The average Bonchev–Trinajstić information content (AvgIpc) is 3.12. The van der Waals surface area contributed by atoms with Gasteiger partial charge in [0.25, 0.3) is 5.22 Å². The monoisotopic (exact) mass is 411 g/mol. The fraction of sp³-hybridized carbons (Fsp3) is 0.526. The molecule has 2 aromatic rings. The molecule has 1 fully saturated rings. The van der Waals surface area contributed by atoms with E-state index in [-0.39, 0.29) is 34.1 Å². The molecule has 1 N–H and O–H groups in total. The molecule has 1 heterocycles. The van der Waals surface area contributed by atoms with E-state index >= 15 is 0 Å². The van der Waals surface area contributed by atoms with Crippen LogP contribution in [-0.2, 0) is 4.79 Å². The third kappa shape index (κ3) is 5.43. The first kappa shape index (κ1) is 20.6. The van der Waals surface area contributed by atoms with Gasteiger partial charge in [0.05, 0.1) is 5.25 Å². The lowest BCUT2D eigenvalue weighted by Crippen LogP contribution is -2.44. The summed E-state index contributed by atoms with van der Waals surface area (Å²) in [4.78, 5) is 12.5. The van der Waals surface area contributed by atoms with E-state index < -0.39 is 6.61 Å². The van der Waals surface area contributed by atoms with Crippen molar-refractivity contribution in [2.24, 2.45) is 5.92 Å². The third-order valence-corrected chi connectivity index (χ3v) is 5.75. The van der Waals surface area contributed by atoms with Gasteiger partial charge in [-0.25, -0.2) is 0 Å². The summed E-state index contributed by atoms with van der Waals surface area (Å²) in [7, 11) is 0. The van der Waals surface area contributed by atoms with Crippen molar-refractivity contribution in [3.8, 4) is 17.2 Å². The minimum Gasteiger partial charge on any atom is -0.435 e. The summed E-state index contributed by atoms with van der Waals surface area (Å²) in [6.45, 7) is 1.10. The molecule has 1 aromatic heterocycles. The molecular weight excluding hydrogens is 388 g/mol. The Morgan fingerprint density at radius 3 is 2.64 bits per heavy atom. The molecule has 1 saturated carbocycles. The molecule has 0 saturated heterocycles. The number of rotatable bonds is 7. The van der Waals surface area contributed by atoms with Crippen molar-refractivity contribution in [3.05, 3.63) is 24.3 Å². The molecule has 1 aliphatic carbocycles. The summed E-state index contributed by atoms with van der Waals surface area (Å²) < 4.78 is 34.3. The van der Waals surface area contributed by atoms with Crippen LogP contribution in [0.1, 0.15) is 39.5 Å². The highest BCUT2D eigenvalue weighted by atomic mass is 32.2. The van der Waals surface area contributed by atoms with Gasteiger partial charge in [-0.3, -0.25) is 4.79 Å². The molecule has 9 heteroatoms. The van der Waals surface area contributed by atoms with Gasteiger partial charge in [-0.1, -0.05) is 31.5 Å². The van der Waals surface area contributed by atoms with Crippen LogP contribution in [0.3, 0.4) is 0 Å². The van der Waals surface area contributed by atoms with Crippen LogP contribution < -0.4 is 10.1 Å². The topological polar surface area (TPSA) is 77.2 Å². The molecule has 6 nitrogen and oxygen atoms in total. The second kappa shape index (κ2) is 9.36. The average molecular weight is 411 g/mol. The van der Waals surface area contributed by atoms with Crippen LogP contribution in [0.15, 0.2) is 33.9 Å². The Morgan fingerprint density at radius 2 is 1.96 bits per heavy atom. The Bertz CT molecular complexity index is 785. The second-order valence-corrected chi connectivity index (χ2v) is 8.20. The highest BCUT2D eigenvalue weighted by Gasteiger charge is 2.26. The molecule has 0 spiro atoms. The molecular formula is C19H23F2N3O3S. The summed E-state index contributed by atoms with van der Waals surface area (Å²) in [5.74, 6) is 0.744. The van der Waals surface area contributed by atoms with Gasteiger partial charge >= 0.3 is 6.61 Å². The van der Waals surface area contributed by atoms with E-state index in [9.17, 15) is 13.6 Å². The largest absolute Gasteiger partial charge is 0.435 e. The number of nitrogens with one attached hydrogen (secondary N) is 1. The number of carbonyl (C=O) groups is 1. The van der Waals surface area contributed by atoms with Crippen LogP contribution in [-0.4, -0.2) is 34.0 Å². The molecule has 3 atom stereocenters. The van der Waals surface area contributed by atoms with Crippen LogP contribution in [0.4, 0.5) is 8.78 Å². The lowest BCUT2D eigenvalue weighted by atomic mass is 9.86. The Hall–Kier alpha value is -2.16. The highest BCUT2D eigenvalue weighted by Crippen LogP contribution is 2.28. The standard InChI is InChI=1S/C19H23F2N3O3S/c1-11-5-3-4-6-15(11)22-16(25)12(2)28-19-24-23-17(27-19)13-7-9-14(10-8-13)26-18(20)21/h7-12,15,18H,3-6H2,1-2H3,(H,22,25). The Kier molecular flexibility index (Phi) is 6.88. The molecule has 0 aliphatic heterocycles. The zero-order valence-corrected chi connectivity index (χ0v) is 16.5. The smallest absolute Gasteiger partial charge is 0.387 e. The van der Waals surface area contributed by atoms with Crippen molar-refractivity contribution < 1.29 is 22.7 Å². The van der Waals surface area contributed by atoms with Gasteiger partial charge in [-0.15, -0.1) is 10.2 Å². The van der Waals surface area contributed by atoms with E-state index in [4.69, 9.17) is 4.42 Å². The minimum atomic E-state index is -2.87. The van der Waals surface area contributed by atoms with E-state index in [1.807, 2.05) is 0 Å². The molecule has 3 unspecified atom stereocenters. The van der Waals surface area contributed by atoms with Gasteiger partial charge in [0.2, 0.25) is 11.8 Å². The molecule has 1 aliphatic rings. The first-order valence-corrected chi connectivity index (χ1v) is 10.2. The summed E-state index contributed by atoms with van der Waals surface area (Å²) in [5, 5.41) is 11.0. The van der Waals surface area contributed by atoms with Crippen molar-refractivity contribution >= 4 is 17.7 Å². The van der Waals surface area contributed by atoms with Crippen molar-refractivity contribution in [1.82, 2.24) is 15.5 Å². The van der Waals surface area contributed by atoms with Crippen molar-refractivity contribution in [1.29, 1.82) is 0 Å². The quantitative estimate of drug-likeness (QED) is 0.676. The number of alkyl halides is 2. The number of benzene rings is 1. The summed E-state index contributed by atoms with van der Waals surface area (Å²) in [5.41, 5.74) is 0.578. The van der Waals surface area contributed by atoms with E-state index in [2.05, 4.69) is 27.2 Å². The molecule has 0 radical (unpaired) electrons. The zero-order chi connectivity index (χ0) is 20.1. The van der Waals surface area contributed by atoms with E-state index in [1.165, 1.54) is 30.3 Å². The Labute approximate surface area is 166 Å². The van der Waals surface area contributed by atoms with E-state index in [0.29, 0.717) is 11.5 Å². The van der Waals surface area contributed by atoms with Gasteiger partial charge in [-0.05, 0) is 49.9 Å². The normalized spacial score (nSPS) is 20.8. The first-order valence-electron chi connectivity index (χ1n) is 9.28. The molecule has 0 bridgehead atoms. The molecule has 1 amide bonds. The lowest BCUT2D eigenvalue weighted by molar-refractivity contribution is -0.121. The number of aromatic nitrogens is 2. The fourth-order valence-electron chi connectivity index (χ4n) is 3.19. The number of nitrogens with zero attached hydrogens (tertiary/aromatic N) is 2. The molecule has 1 aromatic carbocycles. The van der Waals surface area contributed by atoms with Crippen LogP contribution in [0.25, 0.3) is 11.5 Å². The number of ether oxygens (including phenoxy) is 1. The number of amides is 1. The maximum atomic E-state index is 12.5. The van der Waals surface area contributed by atoms with Gasteiger partial charge in [0, 0.05) is 11.6 Å². The number of hydrogen-bond acceptors (Lipinski definition) is 6. The van der Waals surface area contributed by atoms with Gasteiger partial charge in [0.1, 0.15) is 5.75 Å². The predicted molar refractivity (Wildman–Crippen MR) is 101 cm³/mol. The Morgan fingerprint density at radius 1 is 1.25 bits per heavy atom. The van der Waals surface area contributed by atoms with Crippen molar-refractivity contribution in [2.75, 3.05) is 0 Å². The molecule has 152 valence electrons. The molecule has 3 rings (SSSR count). The van der Waals surface area contributed by atoms with Crippen LogP contribution in [0.5, 0.6) is 5.75 Å². The zero-order valence-electron chi connectivity index (χ0n) is 15.7. The SMILES string of the molecule is CC(Sc1nnc(-c2ccc(OC(F)F)cc2)o1)C(=O)NC1CCCCC1C. The summed E-state index contributed by atoms with van der Waals surface area (Å²) in [6.07, 6.45) is 4.52. The van der Waals surface area contributed by atoms with Crippen LogP contribution in [0.2, 0.25) is 0 Å². The molecule has 28 heavy (non-hydrogen) atoms. The third-order valence-electron chi connectivity index (χ3n) is 4.82. The van der Waals surface area contributed by atoms with Crippen LogP contribution >= 0.6 is 11.8 Å². The van der Waals surface area contributed by atoms with Gasteiger partial charge < -0.3 is 14.5 Å². The van der Waals surface area contributed by atoms with Crippen molar-refractivity contribution in [2.45, 2.75) is 62.7 Å². The van der Waals surface area contributed by atoms with Gasteiger partial charge in [-0.2, -0.15) is 8.78 Å². The number of hydrogen-bond donors (Lipinski definition) is 1. The Balaban J connectivity index is 1.56. The van der Waals surface area contributed by atoms with E-state index in [1.54, 1.807) is 19.1 Å². The van der Waals surface area contributed by atoms with Crippen molar-refractivity contribution in [3.63, 3.8) is 0 Å². The number of halogens is 2. The number of carbonyl (C=O) groups excluding carboxylic acids is 1.